The Morgan fingerprint density at radius 3 is 2.34 bits per heavy atom. The van der Waals surface area contributed by atoms with Crippen LogP contribution in [0, 0.1) is 0 Å². The molecule has 4 aromatic rings. The standard InChI is InChI=1S/C21H16ClN3O3S/c22-15-5-3-6-17(13-15)25-29(27,28)18-10-8-16(9-11-18)23-21(26)20-12-14-4-1-2-7-19(14)24-20/h1-13,24-25H,(H,23,26). The van der Waals surface area contributed by atoms with Gasteiger partial charge in [0.25, 0.3) is 15.9 Å². The van der Waals surface area contributed by atoms with Gasteiger partial charge in [-0.2, -0.15) is 0 Å². The van der Waals surface area contributed by atoms with E-state index in [1.807, 2.05) is 24.3 Å². The summed E-state index contributed by atoms with van der Waals surface area (Å²) in [6.07, 6.45) is 0. The largest absolute Gasteiger partial charge is 0.351 e. The van der Waals surface area contributed by atoms with Gasteiger partial charge in [-0.05, 0) is 54.6 Å². The number of rotatable bonds is 5. The fourth-order valence-corrected chi connectivity index (χ4v) is 4.12. The van der Waals surface area contributed by atoms with Gasteiger partial charge in [0.1, 0.15) is 5.69 Å². The Balaban J connectivity index is 1.49. The Bertz CT molecular complexity index is 1270. The number of H-pyrrole nitrogens is 1. The summed E-state index contributed by atoms with van der Waals surface area (Å²) in [5.74, 6) is -0.311. The molecule has 0 radical (unpaired) electrons. The smallest absolute Gasteiger partial charge is 0.272 e. The summed E-state index contributed by atoms with van der Waals surface area (Å²) >= 11 is 5.89. The van der Waals surface area contributed by atoms with Crippen LogP contribution in [0.5, 0.6) is 0 Å². The molecule has 146 valence electrons. The number of fused-ring (bicyclic) bond motifs is 1. The molecular formula is C21H16ClN3O3S. The number of nitrogens with one attached hydrogen (secondary N) is 3. The third-order valence-corrected chi connectivity index (χ3v) is 5.91. The molecule has 0 aliphatic heterocycles. The van der Waals surface area contributed by atoms with E-state index >= 15 is 0 Å². The maximum absolute atomic E-state index is 12.5. The van der Waals surface area contributed by atoms with Crippen LogP contribution in [0.2, 0.25) is 5.02 Å². The third kappa shape index (κ3) is 4.26. The van der Waals surface area contributed by atoms with Crippen molar-refractivity contribution in [2.45, 2.75) is 4.90 Å². The highest BCUT2D eigenvalue weighted by Crippen LogP contribution is 2.21. The summed E-state index contributed by atoms with van der Waals surface area (Å²) in [5, 5.41) is 4.12. The van der Waals surface area contributed by atoms with Crippen molar-refractivity contribution in [2.75, 3.05) is 10.0 Å². The van der Waals surface area contributed by atoms with Gasteiger partial charge in [-0.1, -0.05) is 35.9 Å². The van der Waals surface area contributed by atoms with Gasteiger partial charge in [0.15, 0.2) is 0 Å². The van der Waals surface area contributed by atoms with Gasteiger partial charge >= 0.3 is 0 Å². The molecule has 8 heteroatoms. The minimum absolute atomic E-state index is 0.0705. The van der Waals surface area contributed by atoms with Gasteiger partial charge in [-0.3, -0.25) is 9.52 Å². The fraction of sp³-hybridized carbons (Fsp3) is 0. The van der Waals surface area contributed by atoms with Gasteiger partial charge in [-0.15, -0.1) is 0 Å². The predicted molar refractivity (Wildman–Crippen MR) is 115 cm³/mol. The lowest BCUT2D eigenvalue weighted by Crippen LogP contribution is -2.14. The Morgan fingerprint density at radius 2 is 1.62 bits per heavy atom. The molecular weight excluding hydrogens is 410 g/mol. The van der Waals surface area contributed by atoms with Gasteiger partial charge in [-0.25, -0.2) is 8.42 Å². The Kier molecular flexibility index (Phi) is 5.00. The second-order valence-corrected chi connectivity index (χ2v) is 8.48. The summed E-state index contributed by atoms with van der Waals surface area (Å²) < 4.78 is 27.5. The van der Waals surface area contributed by atoms with Crippen LogP contribution in [-0.4, -0.2) is 19.3 Å². The van der Waals surface area contributed by atoms with Crippen molar-refractivity contribution in [1.82, 2.24) is 4.98 Å². The highest BCUT2D eigenvalue weighted by molar-refractivity contribution is 7.92. The van der Waals surface area contributed by atoms with Crippen LogP contribution >= 0.6 is 11.6 Å². The number of carbonyl (C=O) groups excluding carboxylic acids is 1. The molecule has 0 atom stereocenters. The van der Waals surface area contributed by atoms with Crippen LogP contribution in [-0.2, 0) is 10.0 Å². The maximum Gasteiger partial charge on any atom is 0.272 e. The van der Waals surface area contributed by atoms with Gasteiger partial charge in [0.05, 0.1) is 10.6 Å². The molecule has 0 aliphatic carbocycles. The molecule has 1 amide bonds. The third-order valence-electron chi connectivity index (χ3n) is 4.27. The van der Waals surface area contributed by atoms with Crippen molar-refractivity contribution in [1.29, 1.82) is 0 Å². The van der Waals surface area contributed by atoms with Crippen LogP contribution < -0.4 is 10.0 Å². The Hall–Kier alpha value is -3.29. The molecule has 0 saturated carbocycles. The van der Waals surface area contributed by atoms with E-state index in [0.717, 1.165) is 10.9 Å². The maximum atomic E-state index is 12.5. The molecule has 29 heavy (non-hydrogen) atoms. The molecule has 0 aliphatic rings. The number of benzene rings is 3. The zero-order valence-electron chi connectivity index (χ0n) is 15.0. The van der Waals surface area contributed by atoms with Crippen LogP contribution in [0.4, 0.5) is 11.4 Å². The molecule has 3 aromatic carbocycles. The van der Waals surface area contributed by atoms with Crippen molar-refractivity contribution in [3.8, 4) is 0 Å². The topological polar surface area (TPSA) is 91.1 Å². The first kappa shape index (κ1) is 19.0. The van der Waals surface area contributed by atoms with Crippen molar-refractivity contribution >= 4 is 49.8 Å². The van der Waals surface area contributed by atoms with Crippen LogP contribution in [0.15, 0.2) is 83.8 Å². The SMILES string of the molecule is O=C(Nc1ccc(S(=O)(=O)Nc2cccc(Cl)c2)cc1)c1cc2ccccc2[nH]1. The minimum Gasteiger partial charge on any atom is -0.351 e. The number of para-hydroxylation sites is 1. The van der Waals surface area contributed by atoms with Crippen LogP contribution in [0.25, 0.3) is 10.9 Å². The summed E-state index contributed by atoms with van der Waals surface area (Å²) in [6.45, 7) is 0. The van der Waals surface area contributed by atoms with Crippen molar-refractivity contribution in [2.24, 2.45) is 0 Å². The molecule has 3 N–H and O–H groups in total. The highest BCUT2D eigenvalue weighted by atomic mass is 35.5. The molecule has 0 saturated heterocycles. The van der Waals surface area contributed by atoms with Gasteiger partial charge in [0, 0.05) is 21.6 Å². The van der Waals surface area contributed by atoms with E-state index < -0.39 is 10.0 Å². The number of hydrogen-bond acceptors (Lipinski definition) is 3. The first-order valence-corrected chi connectivity index (χ1v) is 10.5. The first-order chi connectivity index (χ1) is 13.9. The number of carbonyl (C=O) groups is 1. The summed E-state index contributed by atoms with van der Waals surface area (Å²) in [6, 6.07) is 21.7. The molecule has 6 nitrogen and oxygen atoms in total. The van der Waals surface area contributed by atoms with E-state index in [2.05, 4.69) is 15.0 Å². The number of sulfonamides is 1. The zero-order chi connectivity index (χ0) is 20.4. The number of anilines is 2. The van der Waals surface area contributed by atoms with Crippen LogP contribution in [0.3, 0.4) is 0 Å². The Morgan fingerprint density at radius 1 is 0.862 bits per heavy atom. The predicted octanol–water partition coefficient (Wildman–Crippen LogP) is 4.87. The fourth-order valence-electron chi connectivity index (χ4n) is 2.88. The molecule has 4 rings (SSSR count). The molecule has 0 bridgehead atoms. The lowest BCUT2D eigenvalue weighted by Gasteiger charge is -2.09. The second kappa shape index (κ2) is 7.62. The number of halogens is 1. The van der Waals surface area contributed by atoms with E-state index in [1.54, 1.807) is 24.3 Å². The number of aromatic nitrogens is 1. The number of hydrogen-bond donors (Lipinski definition) is 3. The summed E-state index contributed by atoms with van der Waals surface area (Å²) in [7, 11) is -3.77. The second-order valence-electron chi connectivity index (χ2n) is 6.36. The molecule has 1 aromatic heterocycles. The Labute approximate surface area is 172 Å². The van der Waals surface area contributed by atoms with E-state index in [4.69, 9.17) is 11.6 Å². The lowest BCUT2D eigenvalue weighted by atomic mass is 10.2. The van der Waals surface area contributed by atoms with E-state index in [1.165, 1.54) is 30.3 Å². The average molecular weight is 426 g/mol. The summed E-state index contributed by atoms with van der Waals surface area (Å²) in [5.41, 5.74) is 2.14. The highest BCUT2D eigenvalue weighted by Gasteiger charge is 2.15. The lowest BCUT2D eigenvalue weighted by molar-refractivity contribution is 0.102. The van der Waals surface area contributed by atoms with E-state index in [-0.39, 0.29) is 10.8 Å². The minimum atomic E-state index is -3.77. The van der Waals surface area contributed by atoms with E-state index in [9.17, 15) is 13.2 Å². The molecule has 0 spiro atoms. The normalized spacial score (nSPS) is 11.3. The number of amides is 1. The molecule has 1 heterocycles. The monoisotopic (exact) mass is 425 g/mol. The quantitative estimate of drug-likeness (QED) is 0.425. The number of aromatic amines is 1. The van der Waals surface area contributed by atoms with Crippen molar-refractivity contribution in [3.05, 3.63) is 89.6 Å². The van der Waals surface area contributed by atoms with Gasteiger partial charge < -0.3 is 10.3 Å². The zero-order valence-corrected chi connectivity index (χ0v) is 16.6. The van der Waals surface area contributed by atoms with Crippen LogP contribution in [0.1, 0.15) is 10.5 Å². The summed E-state index contributed by atoms with van der Waals surface area (Å²) in [4.78, 5) is 15.6. The average Bonchev–Trinajstić information content (AvgIpc) is 3.12. The molecule has 0 fully saturated rings. The van der Waals surface area contributed by atoms with Crippen molar-refractivity contribution < 1.29 is 13.2 Å². The van der Waals surface area contributed by atoms with E-state index in [0.29, 0.717) is 22.1 Å². The van der Waals surface area contributed by atoms with Crippen molar-refractivity contribution in [3.63, 3.8) is 0 Å². The van der Waals surface area contributed by atoms with Gasteiger partial charge in [0.2, 0.25) is 0 Å². The first-order valence-electron chi connectivity index (χ1n) is 8.68. The molecule has 0 unspecified atom stereocenters.